The topological polar surface area (TPSA) is 75.7 Å². The van der Waals surface area contributed by atoms with E-state index in [-0.39, 0.29) is 17.9 Å². The summed E-state index contributed by atoms with van der Waals surface area (Å²) in [5, 5.41) is 8.25. The predicted molar refractivity (Wildman–Crippen MR) is 136 cm³/mol. The molecule has 6 rings (SSSR count). The van der Waals surface area contributed by atoms with Crippen molar-refractivity contribution in [2.45, 2.75) is 62.9 Å². The molecule has 1 saturated carbocycles. The van der Waals surface area contributed by atoms with E-state index >= 15 is 0 Å². The van der Waals surface area contributed by atoms with Crippen molar-refractivity contribution in [3.8, 4) is 5.75 Å². The van der Waals surface area contributed by atoms with Crippen LogP contribution < -0.4 is 9.84 Å². The maximum absolute atomic E-state index is 13.9. The number of carboxylic acid groups (broad SMARTS) is 1. The number of hydrogen-bond acceptors (Lipinski definition) is 5. The van der Waals surface area contributed by atoms with Crippen LogP contribution >= 0.6 is 0 Å². The number of hydrogen-bond donors (Lipinski definition) is 0. The van der Waals surface area contributed by atoms with E-state index < -0.39 is 11.9 Å². The van der Waals surface area contributed by atoms with Gasteiger partial charge in [-0.05, 0) is 42.7 Å². The summed E-state index contributed by atoms with van der Waals surface area (Å²) in [6.07, 6.45) is 8.53. The van der Waals surface area contributed by atoms with Gasteiger partial charge in [0.05, 0.1) is 18.5 Å². The van der Waals surface area contributed by atoms with Gasteiger partial charge in [0, 0.05) is 25.2 Å². The minimum atomic E-state index is -0.500. The van der Waals surface area contributed by atoms with Gasteiger partial charge in [-0.3, -0.25) is 4.79 Å². The van der Waals surface area contributed by atoms with E-state index in [1.54, 1.807) is 12.1 Å². The van der Waals surface area contributed by atoms with Crippen LogP contribution in [0, 0.1) is 11.7 Å². The lowest BCUT2D eigenvalue weighted by Crippen LogP contribution is -2.65. The first-order valence-electron chi connectivity index (χ1n) is 13.6. The summed E-state index contributed by atoms with van der Waals surface area (Å²) < 4.78 is 26.5. The van der Waals surface area contributed by atoms with E-state index in [2.05, 4.69) is 12.1 Å². The van der Waals surface area contributed by atoms with E-state index in [0.717, 1.165) is 74.8 Å². The van der Waals surface area contributed by atoms with Crippen LogP contribution in [-0.4, -0.2) is 55.8 Å². The number of carbonyl (C=O) groups is 2. The first kappa shape index (κ1) is 27.1. The lowest BCUT2D eigenvalue weighted by Gasteiger charge is -2.52. The number of halogens is 1. The minimum Gasteiger partial charge on any atom is -0.554 e. The van der Waals surface area contributed by atoms with Gasteiger partial charge in [0.1, 0.15) is 31.3 Å². The number of rotatable bonds is 7. The number of piperidine rings is 3. The molecule has 2 aromatic rings. The molecule has 1 atom stereocenters. The van der Waals surface area contributed by atoms with Gasteiger partial charge in [-0.1, -0.05) is 56.0 Å². The van der Waals surface area contributed by atoms with Gasteiger partial charge in [-0.15, -0.1) is 0 Å². The van der Waals surface area contributed by atoms with Gasteiger partial charge < -0.3 is 23.9 Å². The molecule has 3 saturated heterocycles. The Morgan fingerprint density at radius 2 is 1.62 bits per heavy atom. The van der Waals surface area contributed by atoms with Crippen LogP contribution in [0.1, 0.15) is 56.9 Å². The zero-order chi connectivity index (χ0) is 26.1. The molecule has 200 valence electrons. The molecule has 2 aromatic carbocycles. The second kappa shape index (κ2) is 12.5. The van der Waals surface area contributed by atoms with E-state index in [4.69, 9.17) is 19.4 Å². The highest BCUT2D eigenvalue weighted by molar-refractivity contribution is 5.83. The van der Waals surface area contributed by atoms with Crippen molar-refractivity contribution in [2.75, 3.05) is 32.8 Å². The molecule has 4 aliphatic rings. The van der Waals surface area contributed by atoms with Gasteiger partial charge in [0.25, 0.3) is 0 Å². The Kier molecular flexibility index (Phi) is 9.19. The smallest absolute Gasteiger partial charge is 0.317 e. The van der Waals surface area contributed by atoms with Gasteiger partial charge in [-0.25, -0.2) is 4.39 Å². The highest BCUT2D eigenvalue weighted by Gasteiger charge is 2.50. The van der Waals surface area contributed by atoms with Crippen LogP contribution in [0.25, 0.3) is 0 Å². The van der Waals surface area contributed by atoms with E-state index in [9.17, 15) is 9.18 Å². The van der Waals surface area contributed by atoms with Gasteiger partial charge in [-0.2, -0.15) is 0 Å². The van der Waals surface area contributed by atoms with E-state index in [0.29, 0.717) is 18.3 Å². The molecule has 37 heavy (non-hydrogen) atoms. The number of carbonyl (C=O) groups excluding carboxylic acids is 2. The monoisotopic (exact) mass is 511 g/mol. The number of quaternary nitrogens is 1. The van der Waals surface area contributed by atoms with E-state index in [1.807, 2.05) is 18.2 Å². The van der Waals surface area contributed by atoms with Crippen molar-refractivity contribution in [2.24, 2.45) is 5.92 Å². The fraction of sp³-hybridized carbons (Fsp3) is 0.533. The summed E-state index contributed by atoms with van der Waals surface area (Å²) >= 11 is 0. The summed E-state index contributed by atoms with van der Waals surface area (Å²) in [6, 6.07) is 16.6. The Balaban J connectivity index is 0.00000102. The SMILES string of the molecule is O=C(OC1C[N+]2(CCOc3ccc(F)cc3)CCC1CC2)C1(c2ccccc2)CCCCCC1.O=C[O-]. The van der Waals surface area contributed by atoms with Crippen molar-refractivity contribution >= 4 is 12.4 Å². The van der Waals surface area contributed by atoms with Crippen LogP contribution in [0.3, 0.4) is 0 Å². The van der Waals surface area contributed by atoms with Crippen molar-refractivity contribution in [1.29, 1.82) is 0 Å². The second-order valence-electron chi connectivity index (χ2n) is 10.7. The zero-order valence-corrected chi connectivity index (χ0v) is 21.5. The quantitative estimate of drug-likeness (QED) is 0.243. The van der Waals surface area contributed by atoms with Crippen LogP contribution in [0.15, 0.2) is 54.6 Å². The molecular weight excluding hydrogens is 473 g/mol. The largest absolute Gasteiger partial charge is 0.554 e. The molecule has 0 amide bonds. The van der Waals surface area contributed by atoms with Crippen LogP contribution in [0.4, 0.5) is 4.39 Å². The van der Waals surface area contributed by atoms with Crippen molar-refractivity contribution in [1.82, 2.24) is 0 Å². The highest BCUT2D eigenvalue weighted by atomic mass is 19.1. The highest BCUT2D eigenvalue weighted by Crippen LogP contribution is 2.42. The normalized spacial score (nSPS) is 26.2. The third-order valence-electron chi connectivity index (χ3n) is 8.62. The fourth-order valence-corrected chi connectivity index (χ4v) is 6.51. The maximum atomic E-state index is 13.9. The number of benzene rings is 2. The first-order valence-corrected chi connectivity index (χ1v) is 13.6. The number of ether oxygens (including phenoxy) is 2. The molecule has 3 aliphatic heterocycles. The molecule has 0 spiro atoms. The molecule has 7 heteroatoms. The fourth-order valence-electron chi connectivity index (χ4n) is 6.51. The Bertz CT molecular complexity index is 996. The minimum absolute atomic E-state index is 0.0000576. The number of esters is 1. The summed E-state index contributed by atoms with van der Waals surface area (Å²) in [6.45, 7) is 4.10. The lowest BCUT2D eigenvalue weighted by molar-refractivity contribution is -0.946. The Morgan fingerprint density at radius 3 is 2.24 bits per heavy atom. The Hall–Kier alpha value is -2.93. The summed E-state index contributed by atoms with van der Waals surface area (Å²) in [7, 11) is 0. The lowest BCUT2D eigenvalue weighted by atomic mass is 9.74. The van der Waals surface area contributed by atoms with Crippen molar-refractivity contribution in [3.63, 3.8) is 0 Å². The number of fused-ring (bicyclic) bond motifs is 3. The molecule has 1 unspecified atom stereocenters. The number of nitrogens with zero attached hydrogens (tertiary/aromatic N) is 1. The third kappa shape index (κ3) is 6.50. The Labute approximate surface area is 219 Å². The second-order valence-corrected chi connectivity index (χ2v) is 10.7. The summed E-state index contributed by atoms with van der Waals surface area (Å²) in [5.41, 5.74) is 0.625. The predicted octanol–water partition coefficient (Wildman–Crippen LogP) is 4.02. The summed E-state index contributed by atoms with van der Waals surface area (Å²) in [4.78, 5) is 22.1. The maximum Gasteiger partial charge on any atom is 0.317 e. The van der Waals surface area contributed by atoms with E-state index in [1.165, 1.54) is 25.0 Å². The molecule has 0 N–H and O–H groups in total. The van der Waals surface area contributed by atoms with Gasteiger partial charge in [0.15, 0.2) is 6.10 Å². The standard InChI is InChI=1S/C29H37FNO3.CH2O2/c30-25-10-12-26(13-11-25)33-21-20-31-18-14-23(15-19-31)27(22-31)34-28(32)29(16-6-1-2-7-17-29)24-8-4-3-5-9-24;2-1-3/h3-5,8-13,23,27H,1-2,6-7,14-22H2;1H,(H,2,3)/q+1;/p-1. The average molecular weight is 512 g/mol. The van der Waals surface area contributed by atoms with Crippen molar-refractivity contribution in [3.05, 3.63) is 66.0 Å². The summed E-state index contributed by atoms with van der Waals surface area (Å²) in [5.74, 6) is 0.923. The molecule has 0 aromatic heterocycles. The third-order valence-corrected chi connectivity index (χ3v) is 8.62. The molecule has 6 nitrogen and oxygen atoms in total. The van der Waals surface area contributed by atoms with Gasteiger partial charge in [0.2, 0.25) is 0 Å². The molecular formula is C30H38FNO5. The molecule has 2 bridgehead atoms. The first-order chi connectivity index (χ1) is 18.0. The van der Waals surface area contributed by atoms with Crippen LogP contribution in [0.2, 0.25) is 0 Å². The van der Waals surface area contributed by atoms with Crippen LogP contribution in [-0.2, 0) is 19.7 Å². The molecule has 0 radical (unpaired) electrons. The molecule has 3 heterocycles. The van der Waals surface area contributed by atoms with Gasteiger partial charge >= 0.3 is 5.97 Å². The Morgan fingerprint density at radius 1 is 1.00 bits per heavy atom. The molecule has 1 aliphatic carbocycles. The average Bonchev–Trinajstić information content (AvgIpc) is 3.19. The van der Waals surface area contributed by atoms with Crippen LogP contribution in [0.5, 0.6) is 5.75 Å². The zero-order valence-electron chi connectivity index (χ0n) is 21.5. The molecule has 4 fully saturated rings. The van der Waals surface area contributed by atoms with Crippen molar-refractivity contribution < 1.29 is 33.0 Å².